The summed E-state index contributed by atoms with van der Waals surface area (Å²) in [6.07, 6.45) is 2.47. The maximum Gasteiger partial charge on any atom is 0.152 e. The molecule has 0 aromatic carbocycles. The maximum absolute atomic E-state index is 8.71. The predicted molar refractivity (Wildman–Crippen MR) is 36.2 cm³/mol. The fraction of sp³-hybridized carbons (Fsp3) is 0.667. The Morgan fingerprint density at radius 1 is 1.70 bits per heavy atom. The van der Waals surface area contributed by atoms with Gasteiger partial charge in [0.15, 0.2) is 5.82 Å². The van der Waals surface area contributed by atoms with Crippen LogP contribution in [0.4, 0.5) is 0 Å². The highest BCUT2D eigenvalue weighted by Crippen LogP contribution is 1.94. The first kappa shape index (κ1) is 7.21. The summed E-state index contributed by atoms with van der Waals surface area (Å²) in [5, 5.41) is 12.6. The Balaban J connectivity index is 2.70. The van der Waals surface area contributed by atoms with Gasteiger partial charge < -0.3 is 5.11 Å². The van der Waals surface area contributed by atoms with Crippen LogP contribution in [-0.2, 0) is 13.2 Å². The molecule has 4 nitrogen and oxygen atoms in total. The Labute approximate surface area is 59.5 Å². The summed E-state index contributed by atoms with van der Waals surface area (Å²) in [6, 6.07) is 0. The zero-order chi connectivity index (χ0) is 7.40. The van der Waals surface area contributed by atoms with E-state index in [1.165, 1.54) is 6.33 Å². The second-order valence-corrected chi connectivity index (χ2v) is 2.06. The van der Waals surface area contributed by atoms with Gasteiger partial charge in [0.05, 0.1) is 0 Å². The molecule has 0 fully saturated rings. The number of aromatic nitrogens is 3. The highest BCUT2D eigenvalue weighted by molar-refractivity contribution is 4.80. The summed E-state index contributed by atoms with van der Waals surface area (Å²) >= 11 is 0. The molecular weight excluding hydrogens is 130 g/mol. The molecule has 0 spiro atoms. The van der Waals surface area contributed by atoms with Crippen molar-refractivity contribution in [1.82, 2.24) is 14.8 Å². The molecule has 0 aliphatic rings. The van der Waals surface area contributed by atoms with Crippen LogP contribution in [0.3, 0.4) is 0 Å². The van der Waals surface area contributed by atoms with Gasteiger partial charge in [0.25, 0.3) is 0 Å². The van der Waals surface area contributed by atoms with Crippen LogP contribution >= 0.6 is 0 Å². The Morgan fingerprint density at radius 3 is 3.10 bits per heavy atom. The van der Waals surface area contributed by atoms with Crippen LogP contribution in [0.2, 0.25) is 0 Å². The molecule has 10 heavy (non-hydrogen) atoms. The van der Waals surface area contributed by atoms with Gasteiger partial charge in [0.1, 0.15) is 12.9 Å². The number of aliphatic hydroxyl groups is 1. The van der Waals surface area contributed by atoms with Crippen LogP contribution in [0.15, 0.2) is 6.33 Å². The first-order valence-electron chi connectivity index (χ1n) is 3.36. The van der Waals surface area contributed by atoms with Crippen molar-refractivity contribution in [3.8, 4) is 0 Å². The fourth-order valence-corrected chi connectivity index (χ4v) is 0.809. The normalized spacial score (nSPS) is 10.2. The van der Waals surface area contributed by atoms with E-state index in [0.717, 1.165) is 13.0 Å². The zero-order valence-electron chi connectivity index (χ0n) is 5.99. The van der Waals surface area contributed by atoms with E-state index in [9.17, 15) is 0 Å². The van der Waals surface area contributed by atoms with E-state index in [1.54, 1.807) is 4.68 Å². The number of hydrogen-bond acceptors (Lipinski definition) is 3. The van der Waals surface area contributed by atoms with Crippen molar-refractivity contribution in [2.45, 2.75) is 26.5 Å². The number of nitrogens with zero attached hydrogens (tertiary/aromatic N) is 3. The Hall–Kier alpha value is -0.900. The van der Waals surface area contributed by atoms with Crippen LogP contribution in [0, 0.1) is 0 Å². The van der Waals surface area contributed by atoms with Crippen LogP contribution in [0.1, 0.15) is 19.2 Å². The predicted octanol–water partition coefficient (Wildman–Crippen LogP) is 0.180. The summed E-state index contributed by atoms with van der Waals surface area (Å²) in [7, 11) is 0. The molecule has 1 aromatic rings. The van der Waals surface area contributed by atoms with Crippen molar-refractivity contribution < 1.29 is 5.11 Å². The van der Waals surface area contributed by atoms with Gasteiger partial charge in [-0.2, -0.15) is 5.10 Å². The van der Waals surface area contributed by atoms with E-state index in [-0.39, 0.29) is 6.61 Å². The minimum absolute atomic E-state index is 0.0278. The van der Waals surface area contributed by atoms with Crippen molar-refractivity contribution in [2.24, 2.45) is 0 Å². The highest BCUT2D eigenvalue weighted by Gasteiger charge is 1.98. The second kappa shape index (κ2) is 3.31. The lowest BCUT2D eigenvalue weighted by Gasteiger charge is -1.99. The molecule has 0 saturated carbocycles. The second-order valence-electron chi connectivity index (χ2n) is 2.06. The molecule has 56 valence electrons. The first-order chi connectivity index (χ1) is 4.88. The number of aliphatic hydroxyl groups excluding tert-OH is 1. The van der Waals surface area contributed by atoms with Crippen LogP contribution in [0.5, 0.6) is 0 Å². The molecular formula is C6H11N3O. The molecule has 0 saturated heterocycles. The Morgan fingerprint density at radius 2 is 2.50 bits per heavy atom. The molecule has 1 N–H and O–H groups in total. The number of aryl methyl sites for hydroxylation is 1. The summed E-state index contributed by atoms with van der Waals surface area (Å²) in [5.41, 5.74) is 0. The lowest BCUT2D eigenvalue weighted by molar-refractivity contribution is 0.262. The fourth-order valence-electron chi connectivity index (χ4n) is 0.809. The molecule has 0 aliphatic carbocycles. The van der Waals surface area contributed by atoms with Crippen molar-refractivity contribution in [2.75, 3.05) is 0 Å². The van der Waals surface area contributed by atoms with E-state index in [2.05, 4.69) is 17.0 Å². The molecule has 0 unspecified atom stereocenters. The molecule has 0 atom stereocenters. The Bertz CT molecular complexity index is 197. The third-order valence-electron chi connectivity index (χ3n) is 1.27. The first-order valence-corrected chi connectivity index (χ1v) is 3.36. The topological polar surface area (TPSA) is 50.9 Å². The molecule has 1 heterocycles. The lowest BCUT2D eigenvalue weighted by atomic mass is 10.5. The molecule has 1 rings (SSSR count). The number of rotatable bonds is 3. The van der Waals surface area contributed by atoms with Gasteiger partial charge in [-0.25, -0.2) is 9.67 Å². The van der Waals surface area contributed by atoms with Gasteiger partial charge in [-0.15, -0.1) is 0 Å². The Kier molecular flexibility index (Phi) is 2.39. The monoisotopic (exact) mass is 141 g/mol. The van der Waals surface area contributed by atoms with Crippen molar-refractivity contribution in [1.29, 1.82) is 0 Å². The summed E-state index contributed by atoms with van der Waals surface area (Å²) in [6.45, 7) is 2.86. The van der Waals surface area contributed by atoms with E-state index >= 15 is 0 Å². The largest absolute Gasteiger partial charge is 0.388 e. The van der Waals surface area contributed by atoms with Gasteiger partial charge >= 0.3 is 0 Å². The summed E-state index contributed by atoms with van der Waals surface area (Å²) in [5.74, 6) is 0.641. The molecule has 0 bridgehead atoms. The summed E-state index contributed by atoms with van der Waals surface area (Å²) < 4.78 is 1.71. The third-order valence-corrected chi connectivity index (χ3v) is 1.27. The minimum atomic E-state index is -0.0278. The smallest absolute Gasteiger partial charge is 0.152 e. The molecule has 4 heteroatoms. The number of hydrogen-bond donors (Lipinski definition) is 1. The van der Waals surface area contributed by atoms with Crippen molar-refractivity contribution >= 4 is 0 Å². The average Bonchev–Trinajstić information content (AvgIpc) is 2.36. The van der Waals surface area contributed by atoms with Crippen LogP contribution in [0.25, 0.3) is 0 Å². The van der Waals surface area contributed by atoms with E-state index in [4.69, 9.17) is 5.11 Å². The maximum atomic E-state index is 8.71. The molecule has 0 amide bonds. The SMILES string of the molecule is CCCn1ncnc1CO. The minimum Gasteiger partial charge on any atom is -0.388 e. The van der Waals surface area contributed by atoms with E-state index < -0.39 is 0 Å². The molecule has 0 aliphatic heterocycles. The van der Waals surface area contributed by atoms with E-state index in [0.29, 0.717) is 5.82 Å². The van der Waals surface area contributed by atoms with Crippen LogP contribution < -0.4 is 0 Å². The molecule has 1 aromatic heterocycles. The van der Waals surface area contributed by atoms with Gasteiger partial charge in [-0.1, -0.05) is 6.92 Å². The zero-order valence-corrected chi connectivity index (χ0v) is 5.99. The van der Waals surface area contributed by atoms with Gasteiger partial charge in [-0.3, -0.25) is 0 Å². The lowest BCUT2D eigenvalue weighted by Crippen LogP contribution is -2.04. The van der Waals surface area contributed by atoms with Gasteiger partial charge in [0, 0.05) is 6.54 Å². The van der Waals surface area contributed by atoms with Gasteiger partial charge in [-0.05, 0) is 6.42 Å². The molecule has 0 radical (unpaired) electrons. The quantitative estimate of drug-likeness (QED) is 0.653. The van der Waals surface area contributed by atoms with Crippen molar-refractivity contribution in [3.63, 3.8) is 0 Å². The van der Waals surface area contributed by atoms with Crippen LogP contribution in [-0.4, -0.2) is 19.9 Å². The summed E-state index contributed by atoms with van der Waals surface area (Å²) in [4.78, 5) is 3.86. The standard InChI is InChI=1S/C6H11N3O/c1-2-3-9-6(4-10)7-5-8-9/h5,10H,2-4H2,1H3. The third kappa shape index (κ3) is 1.33. The van der Waals surface area contributed by atoms with E-state index in [1.807, 2.05) is 0 Å². The van der Waals surface area contributed by atoms with Gasteiger partial charge in [0.2, 0.25) is 0 Å². The highest BCUT2D eigenvalue weighted by atomic mass is 16.3. The average molecular weight is 141 g/mol. The van der Waals surface area contributed by atoms with Crippen molar-refractivity contribution in [3.05, 3.63) is 12.2 Å².